The van der Waals surface area contributed by atoms with E-state index in [0.29, 0.717) is 0 Å². The number of piperazine rings is 1. The van der Waals surface area contributed by atoms with Gasteiger partial charge in [-0.3, -0.25) is 9.80 Å². The van der Waals surface area contributed by atoms with Crippen LogP contribution >= 0.6 is 11.3 Å². The minimum atomic E-state index is 0.872. The maximum absolute atomic E-state index is 5.53. The molecule has 1 aromatic heterocycles. The van der Waals surface area contributed by atoms with Gasteiger partial charge in [-0.25, -0.2) is 4.98 Å². The highest BCUT2D eigenvalue weighted by atomic mass is 32.1. The molecule has 0 N–H and O–H groups in total. The summed E-state index contributed by atoms with van der Waals surface area (Å²) in [5.41, 5.74) is 3.53. The van der Waals surface area contributed by atoms with Crippen LogP contribution in [0.15, 0.2) is 53.9 Å². The highest BCUT2D eigenvalue weighted by Crippen LogP contribution is 2.26. The molecule has 4 rings (SSSR count). The Kier molecular flexibility index (Phi) is 6.44. The minimum Gasteiger partial charge on any atom is -0.497 e. The Bertz CT molecular complexity index is 921. The van der Waals surface area contributed by atoms with Gasteiger partial charge in [0.1, 0.15) is 16.5 Å². The third kappa shape index (κ3) is 4.96. The molecule has 0 unspecified atom stereocenters. The average molecular weight is 410 g/mol. The summed E-state index contributed by atoms with van der Waals surface area (Å²) in [6.45, 7) is 5.96. The standard InChI is InChI=1S/C23H27N3O2S/c1-27-21-8-9-22(28-2)19(14-21)15-25-10-12-26(13-11-25)16-20-17-29-23(24-20)18-6-4-3-5-7-18/h3-9,14,17H,10-13,15-16H2,1-2H3. The summed E-state index contributed by atoms with van der Waals surface area (Å²) < 4.78 is 10.9. The van der Waals surface area contributed by atoms with Gasteiger partial charge in [0.05, 0.1) is 19.9 Å². The molecule has 1 fully saturated rings. The van der Waals surface area contributed by atoms with Crippen LogP contribution in [0.1, 0.15) is 11.3 Å². The summed E-state index contributed by atoms with van der Waals surface area (Å²) in [5.74, 6) is 1.79. The molecule has 0 bridgehead atoms. The molecule has 5 nitrogen and oxygen atoms in total. The van der Waals surface area contributed by atoms with Gasteiger partial charge in [-0.05, 0) is 18.2 Å². The molecule has 1 aliphatic heterocycles. The van der Waals surface area contributed by atoms with Crippen molar-refractivity contribution in [3.63, 3.8) is 0 Å². The van der Waals surface area contributed by atoms with Crippen LogP contribution in [0.3, 0.4) is 0 Å². The predicted octanol–water partition coefficient (Wildman–Crippen LogP) is 4.15. The van der Waals surface area contributed by atoms with Crippen molar-refractivity contribution in [3.8, 4) is 22.1 Å². The van der Waals surface area contributed by atoms with Crippen molar-refractivity contribution in [2.75, 3.05) is 40.4 Å². The summed E-state index contributed by atoms with van der Waals surface area (Å²) in [6.07, 6.45) is 0. The van der Waals surface area contributed by atoms with Crippen LogP contribution in [0, 0.1) is 0 Å². The molecule has 0 saturated carbocycles. The molecule has 1 aliphatic rings. The van der Waals surface area contributed by atoms with E-state index in [1.807, 2.05) is 18.2 Å². The molecule has 152 valence electrons. The van der Waals surface area contributed by atoms with Crippen LogP contribution in [-0.4, -0.2) is 55.2 Å². The molecule has 0 aliphatic carbocycles. The first-order valence-corrected chi connectivity index (χ1v) is 10.8. The SMILES string of the molecule is COc1ccc(OC)c(CN2CCN(Cc3csc(-c4ccccc4)n3)CC2)c1. The van der Waals surface area contributed by atoms with E-state index in [2.05, 4.69) is 45.5 Å². The lowest BCUT2D eigenvalue weighted by Gasteiger charge is -2.34. The van der Waals surface area contributed by atoms with E-state index in [9.17, 15) is 0 Å². The molecule has 2 heterocycles. The zero-order chi connectivity index (χ0) is 20.1. The molecule has 3 aromatic rings. The summed E-state index contributed by atoms with van der Waals surface area (Å²) in [4.78, 5) is 9.80. The highest BCUT2D eigenvalue weighted by molar-refractivity contribution is 7.13. The first kappa shape index (κ1) is 19.9. The topological polar surface area (TPSA) is 37.8 Å². The third-order valence-corrected chi connectivity index (χ3v) is 6.24. The fourth-order valence-corrected chi connectivity index (χ4v) is 4.49. The second-order valence-corrected chi connectivity index (χ2v) is 8.10. The maximum atomic E-state index is 5.53. The minimum absolute atomic E-state index is 0.872. The van der Waals surface area contributed by atoms with E-state index in [4.69, 9.17) is 14.5 Å². The molecule has 6 heteroatoms. The van der Waals surface area contributed by atoms with E-state index in [-0.39, 0.29) is 0 Å². The molecule has 0 atom stereocenters. The lowest BCUT2D eigenvalue weighted by atomic mass is 10.1. The first-order chi connectivity index (χ1) is 14.2. The van der Waals surface area contributed by atoms with Crippen molar-refractivity contribution >= 4 is 11.3 Å². The quantitative estimate of drug-likeness (QED) is 0.586. The normalized spacial score (nSPS) is 15.4. The van der Waals surface area contributed by atoms with Crippen LogP contribution in [0.2, 0.25) is 0 Å². The van der Waals surface area contributed by atoms with Crippen LogP contribution in [0.4, 0.5) is 0 Å². The summed E-state index contributed by atoms with van der Waals surface area (Å²) in [6, 6.07) is 16.4. The fraction of sp³-hybridized carbons (Fsp3) is 0.348. The Labute approximate surface area is 176 Å². The number of hydrogen-bond acceptors (Lipinski definition) is 6. The lowest BCUT2D eigenvalue weighted by molar-refractivity contribution is 0.120. The first-order valence-electron chi connectivity index (χ1n) is 9.90. The summed E-state index contributed by atoms with van der Waals surface area (Å²) in [5, 5.41) is 3.29. The summed E-state index contributed by atoms with van der Waals surface area (Å²) >= 11 is 1.73. The number of nitrogens with zero attached hydrogens (tertiary/aromatic N) is 3. The van der Waals surface area contributed by atoms with Gasteiger partial charge in [-0.2, -0.15) is 0 Å². The van der Waals surface area contributed by atoms with Gasteiger partial charge in [0.15, 0.2) is 0 Å². The monoisotopic (exact) mass is 409 g/mol. The Morgan fingerprint density at radius 1 is 0.897 bits per heavy atom. The molecule has 2 aromatic carbocycles. The molecule has 1 saturated heterocycles. The average Bonchev–Trinajstić information content (AvgIpc) is 3.24. The van der Waals surface area contributed by atoms with Gasteiger partial charge < -0.3 is 9.47 Å². The van der Waals surface area contributed by atoms with Crippen molar-refractivity contribution < 1.29 is 9.47 Å². The maximum Gasteiger partial charge on any atom is 0.123 e. The second kappa shape index (κ2) is 9.39. The number of thiazole rings is 1. The van der Waals surface area contributed by atoms with Crippen molar-refractivity contribution in [3.05, 3.63) is 65.2 Å². The zero-order valence-electron chi connectivity index (χ0n) is 17.0. The van der Waals surface area contributed by atoms with Gasteiger partial charge in [-0.15, -0.1) is 11.3 Å². The van der Waals surface area contributed by atoms with E-state index >= 15 is 0 Å². The van der Waals surface area contributed by atoms with Gasteiger partial charge in [-0.1, -0.05) is 30.3 Å². The largest absolute Gasteiger partial charge is 0.497 e. The zero-order valence-corrected chi connectivity index (χ0v) is 17.8. The van der Waals surface area contributed by atoms with Crippen molar-refractivity contribution in [1.29, 1.82) is 0 Å². The third-order valence-electron chi connectivity index (χ3n) is 5.30. The van der Waals surface area contributed by atoms with E-state index in [1.54, 1.807) is 25.6 Å². The van der Waals surface area contributed by atoms with Gasteiger partial charge >= 0.3 is 0 Å². The number of hydrogen-bond donors (Lipinski definition) is 0. The van der Waals surface area contributed by atoms with Crippen LogP contribution in [0.25, 0.3) is 10.6 Å². The van der Waals surface area contributed by atoms with Gasteiger partial charge in [0.2, 0.25) is 0 Å². The predicted molar refractivity (Wildman–Crippen MR) is 118 cm³/mol. The number of methoxy groups -OCH3 is 2. The van der Waals surface area contributed by atoms with Gasteiger partial charge in [0.25, 0.3) is 0 Å². The number of ether oxygens (including phenoxy) is 2. The Balaban J connectivity index is 1.32. The van der Waals surface area contributed by atoms with Crippen molar-refractivity contribution in [1.82, 2.24) is 14.8 Å². The molecular formula is C23H27N3O2S. The fourth-order valence-electron chi connectivity index (χ4n) is 3.67. The molecule has 29 heavy (non-hydrogen) atoms. The van der Waals surface area contributed by atoms with Crippen LogP contribution in [-0.2, 0) is 13.1 Å². The second-order valence-electron chi connectivity index (χ2n) is 7.24. The smallest absolute Gasteiger partial charge is 0.123 e. The number of benzene rings is 2. The van der Waals surface area contributed by atoms with Gasteiger partial charge in [0, 0.05) is 55.8 Å². The Morgan fingerprint density at radius 2 is 1.62 bits per heavy atom. The van der Waals surface area contributed by atoms with Crippen molar-refractivity contribution in [2.45, 2.75) is 13.1 Å². The van der Waals surface area contributed by atoms with E-state index < -0.39 is 0 Å². The Hall–Kier alpha value is -2.41. The Morgan fingerprint density at radius 3 is 2.31 bits per heavy atom. The van der Waals surface area contributed by atoms with E-state index in [1.165, 1.54) is 11.1 Å². The lowest BCUT2D eigenvalue weighted by Crippen LogP contribution is -2.45. The van der Waals surface area contributed by atoms with Crippen LogP contribution < -0.4 is 9.47 Å². The molecular weight excluding hydrogens is 382 g/mol. The molecule has 0 spiro atoms. The molecule has 0 radical (unpaired) electrons. The van der Waals surface area contributed by atoms with Crippen molar-refractivity contribution in [2.24, 2.45) is 0 Å². The summed E-state index contributed by atoms with van der Waals surface area (Å²) in [7, 11) is 3.42. The van der Waals surface area contributed by atoms with Crippen LogP contribution in [0.5, 0.6) is 11.5 Å². The van der Waals surface area contributed by atoms with E-state index in [0.717, 1.165) is 61.5 Å². The molecule has 0 amide bonds. The number of rotatable bonds is 7. The number of aromatic nitrogens is 1. The highest BCUT2D eigenvalue weighted by Gasteiger charge is 2.19.